The Hall–Kier alpha value is -1.81. The Balaban J connectivity index is 1.82. The van der Waals surface area contributed by atoms with Crippen LogP contribution in [0.3, 0.4) is 0 Å². The van der Waals surface area contributed by atoms with Gasteiger partial charge in [0, 0.05) is 32.3 Å². The van der Waals surface area contributed by atoms with Gasteiger partial charge in [-0.15, -0.1) is 0 Å². The van der Waals surface area contributed by atoms with E-state index in [1.54, 1.807) is 7.11 Å². The van der Waals surface area contributed by atoms with E-state index in [0.717, 1.165) is 30.6 Å². The van der Waals surface area contributed by atoms with Crippen molar-refractivity contribution in [2.45, 2.75) is 38.6 Å². The summed E-state index contributed by atoms with van der Waals surface area (Å²) in [5.41, 5.74) is 3.44. The third kappa shape index (κ3) is 5.53. The number of para-hydroxylation sites is 1. The fourth-order valence-corrected chi connectivity index (χ4v) is 2.66. The van der Waals surface area contributed by atoms with E-state index in [2.05, 4.69) is 16.7 Å². The number of ether oxygens (including phenoxy) is 1. The zero-order chi connectivity index (χ0) is 15.6. The van der Waals surface area contributed by atoms with Crippen molar-refractivity contribution in [3.8, 4) is 0 Å². The highest BCUT2D eigenvalue weighted by atomic mass is 16.5. The van der Waals surface area contributed by atoms with Crippen LogP contribution in [0.1, 0.15) is 37.7 Å². The van der Waals surface area contributed by atoms with Gasteiger partial charge in [-0.3, -0.25) is 4.79 Å². The molecular formula is C18H26N2O2. The summed E-state index contributed by atoms with van der Waals surface area (Å²) in [6.07, 6.45) is 7.43. The van der Waals surface area contributed by atoms with Crippen LogP contribution in [-0.4, -0.2) is 26.2 Å². The highest BCUT2D eigenvalue weighted by Gasteiger charge is 2.09. The number of rotatable bonds is 8. The van der Waals surface area contributed by atoms with E-state index in [4.69, 9.17) is 4.74 Å². The number of hydrogen-bond donors (Lipinski definition) is 2. The molecule has 1 aromatic carbocycles. The predicted octanol–water partition coefficient (Wildman–Crippen LogP) is 3.25. The minimum Gasteiger partial charge on any atom is -0.383 e. The van der Waals surface area contributed by atoms with Gasteiger partial charge < -0.3 is 15.4 Å². The van der Waals surface area contributed by atoms with Crippen molar-refractivity contribution in [1.29, 1.82) is 0 Å². The molecule has 4 heteroatoms. The highest BCUT2D eigenvalue weighted by molar-refractivity contribution is 5.78. The number of methoxy groups -OCH3 is 1. The average Bonchev–Trinajstić information content (AvgIpc) is 2.55. The average molecular weight is 302 g/mol. The molecule has 0 aliphatic heterocycles. The minimum atomic E-state index is 0.111. The fourth-order valence-electron chi connectivity index (χ4n) is 2.66. The summed E-state index contributed by atoms with van der Waals surface area (Å²) < 4.78 is 5.05. The van der Waals surface area contributed by atoms with Crippen LogP contribution < -0.4 is 10.6 Å². The van der Waals surface area contributed by atoms with Crippen LogP contribution in [0.4, 0.5) is 5.69 Å². The number of hydrogen-bond acceptors (Lipinski definition) is 3. The predicted molar refractivity (Wildman–Crippen MR) is 89.8 cm³/mol. The van der Waals surface area contributed by atoms with Crippen LogP contribution in [0.5, 0.6) is 0 Å². The molecule has 0 heterocycles. The summed E-state index contributed by atoms with van der Waals surface area (Å²) in [7, 11) is 1.69. The number of benzene rings is 1. The molecule has 0 unspecified atom stereocenters. The number of anilines is 1. The number of carbonyl (C=O) groups is 1. The zero-order valence-electron chi connectivity index (χ0n) is 13.4. The van der Waals surface area contributed by atoms with Crippen LogP contribution in [0, 0.1) is 0 Å². The summed E-state index contributed by atoms with van der Waals surface area (Å²) in [5, 5.41) is 6.36. The van der Waals surface area contributed by atoms with E-state index >= 15 is 0 Å². The van der Waals surface area contributed by atoms with Gasteiger partial charge in [0.1, 0.15) is 0 Å². The molecule has 1 amide bonds. The lowest BCUT2D eigenvalue weighted by molar-refractivity contribution is -0.120. The van der Waals surface area contributed by atoms with E-state index in [1.807, 2.05) is 24.3 Å². The smallest absolute Gasteiger partial charge is 0.224 e. The molecule has 1 aliphatic rings. The summed E-state index contributed by atoms with van der Waals surface area (Å²) in [4.78, 5) is 12.1. The van der Waals surface area contributed by atoms with E-state index < -0.39 is 0 Å². The maximum absolute atomic E-state index is 12.1. The van der Waals surface area contributed by atoms with Crippen molar-refractivity contribution in [3.63, 3.8) is 0 Å². The van der Waals surface area contributed by atoms with Crippen molar-refractivity contribution >= 4 is 11.6 Å². The Morgan fingerprint density at radius 1 is 1.27 bits per heavy atom. The first-order valence-corrected chi connectivity index (χ1v) is 8.05. The van der Waals surface area contributed by atoms with Crippen LogP contribution in [0.2, 0.25) is 0 Å². The second kappa shape index (κ2) is 9.26. The summed E-state index contributed by atoms with van der Waals surface area (Å²) >= 11 is 0. The molecule has 0 fully saturated rings. The first-order chi connectivity index (χ1) is 10.8. The maximum atomic E-state index is 12.1. The van der Waals surface area contributed by atoms with Gasteiger partial charge in [-0.2, -0.15) is 0 Å². The standard InChI is InChI=1S/C18H26N2O2/c1-22-12-11-19-17-10-6-5-9-16(17)14-20-18(21)13-15-7-3-2-4-8-15/h5-7,9-10,19H,2-4,8,11-14H2,1H3,(H,20,21). The molecule has 0 radical (unpaired) electrons. The Bertz CT molecular complexity index is 512. The van der Waals surface area contributed by atoms with E-state index in [0.29, 0.717) is 19.6 Å². The van der Waals surface area contributed by atoms with Crippen molar-refractivity contribution in [3.05, 3.63) is 41.5 Å². The molecule has 4 nitrogen and oxygen atoms in total. The van der Waals surface area contributed by atoms with Crippen molar-refractivity contribution in [2.24, 2.45) is 0 Å². The third-order valence-electron chi connectivity index (χ3n) is 3.89. The Morgan fingerprint density at radius 2 is 2.14 bits per heavy atom. The molecule has 120 valence electrons. The third-order valence-corrected chi connectivity index (χ3v) is 3.89. The number of nitrogens with one attached hydrogen (secondary N) is 2. The van der Waals surface area contributed by atoms with Crippen LogP contribution in [0.25, 0.3) is 0 Å². The monoisotopic (exact) mass is 302 g/mol. The van der Waals surface area contributed by atoms with Crippen molar-refractivity contribution < 1.29 is 9.53 Å². The van der Waals surface area contributed by atoms with Crippen molar-refractivity contribution in [2.75, 3.05) is 25.6 Å². The molecule has 2 rings (SSSR count). The molecule has 0 atom stereocenters. The molecule has 0 spiro atoms. The summed E-state index contributed by atoms with van der Waals surface area (Å²) in [6.45, 7) is 1.98. The highest BCUT2D eigenvalue weighted by Crippen LogP contribution is 2.20. The van der Waals surface area contributed by atoms with E-state index in [9.17, 15) is 4.79 Å². The lowest BCUT2D eigenvalue weighted by Crippen LogP contribution is -2.24. The van der Waals surface area contributed by atoms with Crippen LogP contribution >= 0.6 is 0 Å². The van der Waals surface area contributed by atoms with Crippen molar-refractivity contribution in [1.82, 2.24) is 5.32 Å². The lowest BCUT2D eigenvalue weighted by Gasteiger charge is -2.14. The van der Waals surface area contributed by atoms with E-state index in [1.165, 1.54) is 18.4 Å². The molecule has 0 saturated heterocycles. The minimum absolute atomic E-state index is 0.111. The quantitative estimate of drug-likeness (QED) is 0.572. The normalized spacial score (nSPS) is 14.3. The van der Waals surface area contributed by atoms with Gasteiger partial charge in [-0.05, 0) is 37.3 Å². The second-order valence-corrected chi connectivity index (χ2v) is 5.64. The van der Waals surface area contributed by atoms with Gasteiger partial charge in [-0.25, -0.2) is 0 Å². The van der Waals surface area contributed by atoms with Gasteiger partial charge in [0.25, 0.3) is 0 Å². The molecule has 1 aromatic rings. The number of carbonyl (C=O) groups excluding carboxylic acids is 1. The SMILES string of the molecule is COCCNc1ccccc1CNC(=O)CC1=CCCCC1. The Morgan fingerprint density at radius 3 is 2.91 bits per heavy atom. The molecule has 22 heavy (non-hydrogen) atoms. The van der Waals surface area contributed by atoms with Gasteiger partial charge in [0.15, 0.2) is 0 Å². The largest absolute Gasteiger partial charge is 0.383 e. The van der Waals surface area contributed by atoms with Gasteiger partial charge in [0.2, 0.25) is 5.91 Å². The Kier molecular flexibility index (Phi) is 6.97. The summed E-state index contributed by atoms with van der Waals surface area (Å²) in [6, 6.07) is 8.05. The zero-order valence-corrected chi connectivity index (χ0v) is 13.4. The molecule has 0 aromatic heterocycles. The summed E-state index contributed by atoms with van der Waals surface area (Å²) in [5.74, 6) is 0.111. The fraction of sp³-hybridized carbons (Fsp3) is 0.500. The van der Waals surface area contributed by atoms with Crippen LogP contribution in [0.15, 0.2) is 35.9 Å². The van der Waals surface area contributed by atoms with E-state index in [-0.39, 0.29) is 5.91 Å². The molecular weight excluding hydrogens is 276 g/mol. The first kappa shape index (κ1) is 16.6. The number of allylic oxidation sites excluding steroid dienone is 1. The van der Waals surface area contributed by atoms with Gasteiger partial charge in [0.05, 0.1) is 6.61 Å². The molecule has 0 bridgehead atoms. The maximum Gasteiger partial charge on any atom is 0.224 e. The molecule has 1 aliphatic carbocycles. The van der Waals surface area contributed by atoms with Gasteiger partial charge >= 0.3 is 0 Å². The topological polar surface area (TPSA) is 50.4 Å². The second-order valence-electron chi connectivity index (χ2n) is 5.64. The first-order valence-electron chi connectivity index (χ1n) is 8.05. The lowest BCUT2D eigenvalue weighted by atomic mass is 9.97. The van der Waals surface area contributed by atoms with Gasteiger partial charge in [-0.1, -0.05) is 29.8 Å². The van der Waals surface area contributed by atoms with Crippen LogP contribution in [-0.2, 0) is 16.1 Å². The Labute approximate surface area is 132 Å². The molecule has 2 N–H and O–H groups in total. The number of amides is 1. The molecule has 0 saturated carbocycles.